The first-order valence-corrected chi connectivity index (χ1v) is 10.6. The predicted octanol–water partition coefficient (Wildman–Crippen LogP) is 5.05. The lowest BCUT2D eigenvalue weighted by Crippen LogP contribution is -2.24. The summed E-state index contributed by atoms with van der Waals surface area (Å²) < 4.78 is 15.5. The highest BCUT2D eigenvalue weighted by Gasteiger charge is 2.34. The van der Waals surface area contributed by atoms with Gasteiger partial charge in [-0.05, 0) is 47.9 Å². The van der Waals surface area contributed by atoms with Crippen molar-refractivity contribution < 1.29 is 9.18 Å². The number of benzene rings is 3. The Morgan fingerprint density at radius 1 is 0.968 bits per heavy atom. The van der Waals surface area contributed by atoms with Crippen LogP contribution in [0.25, 0.3) is 11.0 Å². The fourth-order valence-corrected chi connectivity index (χ4v) is 4.44. The van der Waals surface area contributed by atoms with Crippen molar-refractivity contribution >= 4 is 16.9 Å². The van der Waals surface area contributed by atoms with E-state index < -0.39 is 0 Å². The van der Waals surface area contributed by atoms with E-state index in [9.17, 15) is 9.18 Å². The minimum absolute atomic E-state index is 0.0318. The zero-order chi connectivity index (χ0) is 21.4. The first-order valence-electron chi connectivity index (χ1n) is 10.6. The third-order valence-corrected chi connectivity index (χ3v) is 6.14. The molecule has 0 radical (unpaired) electrons. The molecule has 2 heterocycles. The third kappa shape index (κ3) is 3.83. The third-order valence-electron chi connectivity index (χ3n) is 6.14. The van der Waals surface area contributed by atoms with Gasteiger partial charge in [0.25, 0.3) is 0 Å². The van der Waals surface area contributed by atoms with Gasteiger partial charge in [-0.3, -0.25) is 4.79 Å². The summed E-state index contributed by atoms with van der Waals surface area (Å²) in [6.45, 7) is 3.96. The van der Waals surface area contributed by atoms with Crippen LogP contribution in [0.3, 0.4) is 0 Å². The van der Waals surface area contributed by atoms with Gasteiger partial charge in [0, 0.05) is 32.0 Å². The number of carbonyl (C=O) groups excluding carboxylic acids is 1. The Labute approximate surface area is 181 Å². The van der Waals surface area contributed by atoms with Crippen LogP contribution in [0.1, 0.15) is 34.9 Å². The van der Waals surface area contributed by atoms with Crippen molar-refractivity contribution in [1.82, 2.24) is 14.5 Å². The Morgan fingerprint density at radius 2 is 1.71 bits per heavy atom. The van der Waals surface area contributed by atoms with Gasteiger partial charge in [-0.1, -0.05) is 48.5 Å². The second kappa shape index (κ2) is 7.99. The molecule has 0 unspecified atom stereocenters. The van der Waals surface area contributed by atoms with Crippen LogP contribution < -0.4 is 0 Å². The van der Waals surface area contributed by atoms with Gasteiger partial charge in [-0.25, -0.2) is 9.37 Å². The number of nitrogens with zero attached hydrogens (tertiary/aromatic N) is 3. The maximum atomic E-state index is 13.2. The SMILES string of the molecule is Cc1ccccc1Cn1c([C@@H]2CC(=O)N(Cc3ccc(F)cc3)C2)nc2ccccc21. The summed E-state index contributed by atoms with van der Waals surface area (Å²) in [6, 6.07) is 22.9. The van der Waals surface area contributed by atoms with Gasteiger partial charge in [0.05, 0.1) is 11.0 Å². The largest absolute Gasteiger partial charge is 0.338 e. The van der Waals surface area contributed by atoms with Gasteiger partial charge < -0.3 is 9.47 Å². The first-order chi connectivity index (χ1) is 15.1. The molecule has 0 bridgehead atoms. The number of aryl methyl sites for hydroxylation is 1. The number of halogens is 1. The van der Waals surface area contributed by atoms with Gasteiger partial charge in [0.1, 0.15) is 11.6 Å². The maximum absolute atomic E-state index is 13.2. The average Bonchev–Trinajstić information content (AvgIpc) is 3.32. The molecule has 3 aromatic carbocycles. The number of para-hydroxylation sites is 2. The number of amides is 1. The molecule has 1 saturated heterocycles. The van der Waals surface area contributed by atoms with E-state index in [0.717, 1.165) is 29.0 Å². The number of likely N-dealkylation sites (tertiary alicyclic amines) is 1. The zero-order valence-electron chi connectivity index (χ0n) is 17.5. The molecule has 4 aromatic rings. The molecule has 1 aromatic heterocycles. The summed E-state index contributed by atoms with van der Waals surface area (Å²) in [5.74, 6) is 0.840. The smallest absolute Gasteiger partial charge is 0.223 e. The van der Waals surface area contributed by atoms with Crippen LogP contribution in [-0.4, -0.2) is 26.9 Å². The summed E-state index contributed by atoms with van der Waals surface area (Å²) in [4.78, 5) is 19.6. The van der Waals surface area contributed by atoms with Crippen molar-refractivity contribution in [3.8, 4) is 0 Å². The quantitative estimate of drug-likeness (QED) is 0.459. The summed E-state index contributed by atoms with van der Waals surface area (Å²) in [7, 11) is 0. The van der Waals surface area contributed by atoms with E-state index >= 15 is 0 Å². The first kappa shape index (κ1) is 19.5. The molecule has 0 aliphatic carbocycles. The van der Waals surface area contributed by atoms with Crippen LogP contribution in [0.4, 0.5) is 4.39 Å². The number of rotatable bonds is 5. The van der Waals surface area contributed by atoms with Crippen molar-refractivity contribution in [3.63, 3.8) is 0 Å². The molecule has 1 fully saturated rings. The van der Waals surface area contributed by atoms with E-state index in [2.05, 4.69) is 41.8 Å². The lowest BCUT2D eigenvalue weighted by atomic mass is 10.1. The van der Waals surface area contributed by atoms with Crippen LogP contribution in [0.15, 0.2) is 72.8 Å². The van der Waals surface area contributed by atoms with E-state index in [-0.39, 0.29) is 17.6 Å². The molecule has 31 heavy (non-hydrogen) atoms. The Kier molecular flexibility index (Phi) is 5.02. The zero-order valence-corrected chi connectivity index (χ0v) is 17.5. The van der Waals surface area contributed by atoms with Gasteiger partial charge in [0.15, 0.2) is 0 Å². The van der Waals surface area contributed by atoms with Crippen LogP contribution in [0.2, 0.25) is 0 Å². The molecule has 5 rings (SSSR count). The second-order valence-corrected chi connectivity index (χ2v) is 8.27. The fourth-order valence-electron chi connectivity index (χ4n) is 4.44. The number of carbonyl (C=O) groups is 1. The van der Waals surface area contributed by atoms with Crippen LogP contribution in [0.5, 0.6) is 0 Å². The molecular formula is C26H24FN3O. The Bertz CT molecular complexity index is 1250. The fraction of sp³-hybridized carbons (Fsp3) is 0.231. The molecular weight excluding hydrogens is 389 g/mol. The highest BCUT2D eigenvalue weighted by molar-refractivity contribution is 5.81. The van der Waals surface area contributed by atoms with E-state index in [0.29, 0.717) is 19.5 Å². The van der Waals surface area contributed by atoms with Gasteiger partial charge in [0.2, 0.25) is 5.91 Å². The predicted molar refractivity (Wildman–Crippen MR) is 119 cm³/mol. The van der Waals surface area contributed by atoms with E-state index in [4.69, 9.17) is 4.98 Å². The van der Waals surface area contributed by atoms with Crippen molar-refractivity contribution in [2.45, 2.75) is 32.4 Å². The van der Waals surface area contributed by atoms with Crippen LogP contribution >= 0.6 is 0 Å². The van der Waals surface area contributed by atoms with Crippen LogP contribution in [-0.2, 0) is 17.9 Å². The molecule has 1 amide bonds. The Morgan fingerprint density at radius 3 is 2.52 bits per heavy atom. The molecule has 1 atom stereocenters. The van der Waals surface area contributed by atoms with E-state index in [1.165, 1.54) is 23.3 Å². The molecule has 4 nitrogen and oxygen atoms in total. The molecule has 5 heteroatoms. The molecule has 1 aliphatic rings. The Hall–Kier alpha value is -3.47. The van der Waals surface area contributed by atoms with Gasteiger partial charge in [-0.2, -0.15) is 0 Å². The average molecular weight is 413 g/mol. The molecule has 0 spiro atoms. The molecule has 1 aliphatic heterocycles. The van der Waals surface area contributed by atoms with Crippen molar-refractivity contribution in [3.05, 3.63) is 101 Å². The Balaban J connectivity index is 1.46. The summed E-state index contributed by atoms with van der Waals surface area (Å²) >= 11 is 0. The van der Waals surface area contributed by atoms with Crippen molar-refractivity contribution in [2.75, 3.05) is 6.54 Å². The van der Waals surface area contributed by atoms with Gasteiger partial charge >= 0.3 is 0 Å². The summed E-state index contributed by atoms with van der Waals surface area (Å²) in [5.41, 5.74) is 5.47. The number of imidazole rings is 1. The van der Waals surface area contributed by atoms with E-state index in [1.54, 1.807) is 12.1 Å². The minimum Gasteiger partial charge on any atom is -0.338 e. The highest BCUT2D eigenvalue weighted by atomic mass is 19.1. The topological polar surface area (TPSA) is 38.1 Å². The van der Waals surface area contributed by atoms with Crippen LogP contribution in [0, 0.1) is 12.7 Å². The lowest BCUT2D eigenvalue weighted by Gasteiger charge is -2.18. The molecule has 156 valence electrons. The maximum Gasteiger partial charge on any atom is 0.223 e. The molecule has 0 saturated carbocycles. The number of hydrogen-bond donors (Lipinski definition) is 0. The minimum atomic E-state index is -0.265. The van der Waals surface area contributed by atoms with Gasteiger partial charge in [-0.15, -0.1) is 0 Å². The summed E-state index contributed by atoms with van der Waals surface area (Å²) in [5, 5.41) is 0. The summed E-state index contributed by atoms with van der Waals surface area (Å²) in [6.07, 6.45) is 0.443. The monoisotopic (exact) mass is 413 g/mol. The van der Waals surface area contributed by atoms with Crippen molar-refractivity contribution in [1.29, 1.82) is 0 Å². The second-order valence-electron chi connectivity index (χ2n) is 8.27. The standard InChI is InChI=1S/C26H24FN3O/c1-18-6-2-3-7-20(18)17-30-24-9-5-4-8-23(24)28-26(30)21-14-25(31)29(16-21)15-19-10-12-22(27)13-11-19/h2-13,21H,14-17H2,1H3/t21-/m1/s1. The van der Waals surface area contributed by atoms with Crippen molar-refractivity contribution in [2.24, 2.45) is 0 Å². The normalized spacial score (nSPS) is 16.4. The molecule has 0 N–H and O–H groups in total. The lowest BCUT2D eigenvalue weighted by molar-refractivity contribution is -0.128. The number of hydrogen-bond acceptors (Lipinski definition) is 2. The highest BCUT2D eigenvalue weighted by Crippen LogP contribution is 2.32. The number of fused-ring (bicyclic) bond motifs is 1. The number of aromatic nitrogens is 2. The van der Waals surface area contributed by atoms with E-state index in [1.807, 2.05) is 23.1 Å².